The van der Waals surface area contributed by atoms with Crippen LogP contribution < -0.4 is 15.4 Å². The van der Waals surface area contributed by atoms with Crippen LogP contribution in [0.2, 0.25) is 0 Å². The number of nitrogens with one attached hydrogen (secondary N) is 2. The third-order valence-corrected chi connectivity index (χ3v) is 9.91. The zero-order valence-electron chi connectivity index (χ0n) is 31.7. The molecule has 13 heteroatoms. The van der Waals surface area contributed by atoms with Crippen molar-refractivity contribution in [2.75, 3.05) is 32.2 Å². The van der Waals surface area contributed by atoms with Gasteiger partial charge in [-0.1, -0.05) is 78.9 Å². The van der Waals surface area contributed by atoms with E-state index in [1.165, 1.54) is 0 Å². The lowest BCUT2D eigenvalue weighted by Crippen LogP contribution is -2.66. The molecule has 5 atom stereocenters. The van der Waals surface area contributed by atoms with Crippen molar-refractivity contribution in [1.29, 1.82) is 0 Å². The highest BCUT2D eigenvalue weighted by molar-refractivity contribution is 5.90. The molecule has 0 unspecified atom stereocenters. The Morgan fingerprint density at radius 2 is 1.42 bits per heavy atom. The fraction of sp³-hybridized carbons (Fsp3) is 0.341. The number of carboxylic acid groups (broad SMARTS) is 1. The summed E-state index contributed by atoms with van der Waals surface area (Å²) in [4.78, 5) is 36.8. The third kappa shape index (κ3) is 10.6. The minimum absolute atomic E-state index is 0.0651. The third-order valence-electron chi connectivity index (χ3n) is 9.91. The number of hydrogen-bond donors (Lipinski definition) is 4. The van der Waals surface area contributed by atoms with E-state index in [1.54, 1.807) is 37.5 Å². The Bertz CT molecular complexity index is 1920. The maximum atomic E-state index is 13.8. The fourth-order valence-corrected chi connectivity index (χ4v) is 7.10. The van der Waals surface area contributed by atoms with E-state index >= 15 is 0 Å². The van der Waals surface area contributed by atoms with Crippen molar-refractivity contribution in [1.82, 2.24) is 5.32 Å². The molecule has 13 nitrogen and oxygen atoms in total. The fourth-order valence-electron chi connectivity index (χ4n) is 7.10. The number of rotatable bonds is 19. The lowest BCUT2D eigenvalue weighted by atomic mass is 9.96. The molecule has 4 aromatic carbocycles. The van der Waals surface area contributed by atoms with E-state index in [4.69, 9.17) is 33.5 Å². The molecule has 0 aromatic heterocycles. The summed E-state index contributed by atoms with van der Waals surface area (Å²) in [6.45, 7) is 3.67. The van der Waals surface area contributed by atoms with E-state index in [9.17, 15) is 19.5 Å². The maximum Gasteiger partial charge on any atom is 0.407 e. The molecule has 6 rings (SSSR count). The molecule has 1 saturated heterocycles. The van der Waals surface area contributed by atoms with Crippen molar-refractivity contribution in [2.45, 2.75) is 69.0 Å². The van der Waals surface area contributed by atoms with Crippen LogP contribution in [0.25, 0.3) is 11.1 Å². The number of fused-ring (bicyclic) bond motifs is 3. The van der Waals surface area contributed by atoms with Gasteiger partial charge >= 0.3 is 12.1 Å². The summed E-state index contributed by atoms with van der Waals surface area (Å²) in [5.41, 5.74) is 6.48. The van der Waals surface area contributed by atoms with Crippen LogP contribution in [0.5, 0.6) is 5.75 Å². The molecule has 0 spiro atoms. The maximum absolute atomic E-state index is 13.8. The molecule has 2 aliphatic rings. The van der Waals surface area contributed by atoms with E-state index in [2.05, 4.69) is 29.3 Å². The molecule has 4 aromatic rings. The number of carboxylic acids is 1. The summed E-state index contributed by atoms with van der Waals surface area (Å²) in [5.74, 6) is -0.716. The molecule has 4 N–H and O–H groups in total. The van der Waals surface area contributed by atoms with Crippen molar-refractivity contribution in [3.63, 3.8) is 0 Å². The number of hydrogen-bond acceptors (Lipinski definition) is 10. The van der Waals surface area contributed by atoms with Gasteiger partial charge in [-0.05, 0) is 64.1 Å². The van der Waals surface area contributed by atoms with Crippen molar-refractivity contribution < 1.29 is 53.0 Å². The van der Waals surface area contributed by atoms with Gasteiger partial charge in [0.25, 0.3) is 0 Å². The number of benzene rings is 4. The van der Waals surface area contributed by atoms with Gasteiger partial charge in [0.1, 0.15) is 36.7 Å². The number of ether oxygens (including phenoxy) is 6. The van der Waals surface area contributed by atoms with Gasteiger partial charge < -0.3 is 49.3 Å². The Morgan fingerprint density at radius 1 is 0.807 bits per heavy atom. The highest BCUT2D eigenvalue weighted by Gasteiger charge is 2.49. The molecule has 0 bridgehead atoms. The van der Waals surface area contributed by atoms with Crippen molar-refractivity contribution in [3.05, 3.63) is 132 Å². The van der Waals surface area contributed by atoms with Crippen LogP contribution in [0.4, 0.5) is 10.5 Å². The average molecular weight is 781 g/mol. The summed E-state index contributed by atoms with van der Waals surface area (Å²) >= 11 is 0. The van der Waals surface area contributed by atoms with Gasteiger partial charge in [-0.25, -0.2) is 4.79 Å². The summed E-state index contributed by atoms with van der Waals surface area (Å²) in [5, 5.41) is 25.1. The Hall–Kier alpha value is -5.57. The predicted molar refractivity (Wildman–Crippen MR) is 211 cm³/mol. The first-order valence-electron chi connectivity index (χ1n) is 18.8. The first-order chi connectivity index (χ1) is 27.8. The average Bonchev–Trinajstić information content (AvgIpc) is 3.55. The molecular weight excluding hydrogens is 732 g/mol. The number of methoxy groups -OCH3 is 1. The van der Waals surface area contributed by atoms with Gasteiger partial charge in [-0.2, -0.15) is 0 Å². The SMILES string of the molecule is C=CCO[C@H]1O[C@H](CO)[C@@H](OCc2ccc(NC(=O)CCCC(=O)O)cc2)[C@H](OCc2ccc(OC)cc2)[C@H]1NC(=O)OCC1c2ccccc2-c2ccccc21. The van der Waals surface area contributed by atoms with Crippen LogP contribution in [0, 0.1) is 0 Å². The Kier molecular flexibility index (Phi) is 14.4. The summed E-state index contributed by atoms with van der Waals surface area (Å²) < 4.78 is 36.5. The Morgan fingerprint density at radius 3 is 2.02 bits per heavy atom. The minimum atomic E-state index is -1.07. The zero-order chi connectivity index (χ0) is 40.1. The zero-order valence-corrected chi connectivity index (χ0v) is 31.7. The summed E-state index contributed by atoms with van der Waals surface area (Å²) in [7, 11) is 1.59. The monoisotopic (exact) mass is 780 g/mol. The molecule has 1 fully saturated rings. The summed E-state index contributed by atoms with van der Waals surface area (Å²) in [6.07, 6.45) is -2.70. The standard InChI is InChI=1S/C44H48N2O11/c1-3-23-53-43-40(46-44(51)56-27-36-34-11-6-4-9-32(34)33-10-5-7-12-35(33)36)42(55-26-29-17-21-31(52-2)22-18-29)41(37(24-47)57-43)54-25-28-15-19-30(20-16-28)45-38(48)13-8-14-39(49)50/h3-7,9-12,15-22,36-37,40-43,47H,1,8,13-14,23-27H2,2H3,(H,45,48)(H,46,51)(H,49,50)/t37-,40-,41-,42-,43+/m1/s1. The molecule has 0 radical (unpaired) electrons. The van der Waals surface area contributed by atoms with E-state index in [1.807, 2.05) is 60.7 Å². The van der Waals surface area contributed by atoms with Gasteiger partial charge in [-0.3, -0.25) is 9.59 Å². The number of aliphatic hydroxyl groups excluding tert-OH is 1. The van der Waals surface area contributed by atoms with Crippen molar-refractivity contribution >= 4 is 23.7 Å². The molecule has 0 saturated carbocycles. The lowest BCUT2D eigenvalue weighted by molar-refractivity contribution is -0.285. The van der Waals surface area contributed by atoms with Gasteiger partial charge in [0, 0.05) is 24.4 Å². The second-order valence-electron chi connectivity index (χ2n) is 13.7. The van der Waals surface area contributed by atoms with Crippen LogP contribution in [0.15, 0.2) is 110 Å². The van der Waals surface area contributed by atoms with E-state index in [0.29, 0.717) is 11.4 Å². The first kappa shape index (κ1) is 41.1. The van der Waals surface area contributed by atoms with Crippen LogP contribution >= 0.6 is 0 Å². The van der Waals surface area contributed by atoms with Crippen LogP contribution in [-0.2, 0) is 46.5 Å². The molecule has 2 amide bonds. The number of aliphatic carboxylic acids is 1. The quantitative estimate of drug-likeness (QED) is 0.0801. The molecule has 57 heavy (non-hydrogen) atoms. The molecular formula is C44H48N2O11. The second kappa shape index (κ2) is 20.0. The number of anilines is 1. The Labute approximate surface area is 331 Å². The van der Waals surface area contributed by atoms with E-state index < -0.39 is 49.3 Å². The van der Waals surface area contributed by atoms with Crippen LogP contribution in [-0.4, -0.2) is 85.8 Å². The molecule has 1 aliphatic heterocycles. The summed E-state index contributed by atoms with van der Waals surface area (Å²) in [6, 6.07) is 29.6. The van der Waals surface area contributed by atoms with Gasteiger partial charge in [0.15, 0.2) is 6.29 Å². The first-order valence-corrected chi connectivity index (χ1v) is 18.8. The number of carbonyl (C=O) groups is 3. The largest absolute Gasteiger partial charge is 0.497 e. The van der Waals surface area contributed by atoms with Crippen molar-refractivity contribution in [3.8, 4) is 16.9 Å². The predicted octanol–water partition coefficient (Wildman–Crippen LogP) is 6.19. The minimum Gasteiger partial charge on any atom is -0.497 e. The number of aliphatic hydroxyl groups is 1. The topological polar surface area (TPSA) is 171 Å². The van der Waals surface area contributed by atoms with E-state index in [-0.39, 0.29) is 57.5 Å². The molecule has 1 heterocycles. The van der Waals surface area contributed by atoms with Crippen molar-refractivity contribution in [2.24, 2.45) is 0 Å². The molecule has 1 aliphatic carbocycles. The van der Waals surface area contributed by atoms with E-state index in [0.717, 1.165) is 33.4 Å². The number of carbonyl (C=O) groups excluding carboxylic acids is 2. The Balaban J connectivity index is 1.19. The number of amides is 2. The number of alkyl carbamates (subject to hydrolysis) is 1. The second-order valence-corrected chi connectivity index (χ2v) is 13.7. The molecule has 300 valence electrons. The van der Waals surface area contributed by atoms with Gasteiger partial charge in [-0.15, -0.1) is 6.58 Å². The van der Waals surface area contributed by atoms with Crippen LogP contribution in [0.1, 0.15) is 47.4 Å². The van der Waals surface area contributed by atoms with Gasteiger partial charge in [0.2, 0.25) is 5.91 Å². The lowest BCUT2D eigenvalue weighted by Gasteiger charge is -2.45. The highest BCUT2D eigenvalue weighted by atomic mass is 16.7. The normalized spacial score (nSPS) is 19.9. The smallest absolute Gasteiger partial charge is 0.407 e. The van der Waals surface area contributed by atoms with Crippen LogP contribution in [0.3, 0.4) is 0 Å². The van der Waals surface area contributed by atoms with Gasteiger partial charge in [0.05, 0.1) is 33.5 Å². The highest BCUT2D eigenvalue weighted by Crippen LogP contribution is 2.44.